The molecule has 0 amide bonds. The van der Waals surface area contributed by atoms with Crippen molar-refractivity contribution in [2.75, 3.05) is 13.2 Å². The molecule has 2 heterocycles. The summed E-state index contributed by atoms with van der Waals surface area (Å²) in [6.07, 6.45) is 0.214. The van der Waals surface area contributed by atoms with Crippen molar-refractivity contribution in [2.45, 2.75) is 33.5 Å². The number of aryl methyl sites for hydroxylation is 1. The first-order valence-corrected chi connectivity index (χ1v) is 9.95. The summed E-state index contributed by atoms with van der Waals surface area (Å²) in [6, 6.07) is 18.0. The van der Waals surface area contributed by atoms with E-state index in [4.69, 9.17) is 18.3 Å². The Bertz CT molecular complexity index is 1070. The first-order valence-electron chi connectivity index (χ1n) is 9.95. The number of furan rings is 1. The number of hydrogen-bond donors (Lipinski definition) is 0. The lowest BCUT2D eigenvalue weighted by atomic mass is 10.1. The van der Waals surface area contributed by atoms with Crippen LogP contribution in [0.1, 0.15) is 42.9 Å². The van der Waals surface area contributed by atoms with E-state index in [9.17, 15) is 0 Å². The second-order valence-electron chi connectivity index (χ2n) is 6.82. The summed E-state index contributed by atoms with van der Waals surface area (Å²) in [7, 11) is 0. The van der Waals surface area contributed by atoms with Gasteiger partial charge in [0, 0.05) is 29.7 Å². The van der Waals surface area contributed by atoms with Gasteiger partial charge in [-0.15, -0.1) is 0 Å². The van der Waals surface area contributed by atoms with Gasteiger partial charge in [0.1, 0.15) is 17.1 Å². The summed E-state index contributed by atoms with van der Waals surface area (Å²) in [6.45, 7) is 7.04. The standard InChI is InChI=1S/C24H25NO4/c1-4-26-24(27-5-2)18-11-12-22-19(13-18)14-20(29-22)15-21-16(3)28-23(25-21)17-9-7-6-8-10-17/h6-14,24H,4-5,15H2,1-3H3. The van der Waals surface area contributed by atoms with Crippen molar-refractivity contribution in [1.82, 2.24) is 4.98 Å². The molecule has 2 aromatic carbocycles. The van der Waals surface area contributed by atoms with Crippen molar-refractivity contribution >= 4 is 11.0 Å². The molecule has 0 aliphatic rings. The highest BCUT2D eigenvalue weighted by Gasteiger charge is 2.16. The smallest absolute Gasteiger partial charge is 0.226 e. The van der Waals surface area contributed by atoms with Crippen LogP contribution in [0.5, 0.6) is 0 Å². The number of oxazole rings is 1. The van der Waals surface area contributed by atoms with E-state index in [1.165, 1.54) is 0 Å². The van der Waals surface area contributed by atoms with Gasteiger partial charge in [0.15, 0.2) is 6.29 Å². The summed E-state index contributed by atoms with van der Waals surface area (Å²) in [5, 5.41) is 1.02. The van der Waals surface area contributed by atoms with Crippen LogP contribution in [0.15, 0.2) is 63.4 Å². The van der Waals surface area contributed by atoms with E-state index >= 15 is 0 Å². The maximum absolute atomic E-state index is 6.03. The van der Waals surface area contributed by atoms with Crippen LogP contribution in [0.2, 0.25) is 0 Å². The highest BCUT2D eigenvalue weighted by atomic mass is 16.7. The van der Waals surface area contributed by atoms with Crippen molar-refractivity contribution in [3.63, 3.8) is 0 Å². The normalized spacial score (nSPS) is 11.6. The van der Waals surface area contributed by atoms with Crippen LogP contribution >= 0.6 is 0 Å². The van der Waals surface area contributed by atoms with E-state index in [2.05, 4.69) is 11.1 Å². The number of aromatic nitrogens is 1. The molecule has 0 bridgehead atoms. The number of rotatable bonds is 8. The largest absolute Gasteiger partial charge is 0.461 e. The Kier molecular flexibility index (Phi) is 5.79. The molecule has 150 valence electrons. The molecule has 5 heteroatoms. The van der Waals surface area contributed by atoms with Crippen LogP contribution in [-0.4, -0.2) is 18.2 Å². The van der Waals surface area contributed by atoms with Crippen molar-refractivity contribution in [2.24, 2.45) is 0 Å². The van der Waals surface area contributed by atoms with E-state index in [0.29, 0.717) is 25.5 Å². The van der Waals surface area contributed by atoms with Gasteiger partial charge in [-0.1, -0.05) is 24.3 Å². The lowest BCUT2D eigenvalue weighted by Gasteiger charge is -2.17. The van der Waals surface area contributed by atoms with Gasteiger partial charge in [-0.25, -0.2) is 4.98 Å². The van der Waals surface area contributed by atoms with Gasteiger partial charge < -0.3 is 18.3 Å². The van der Waals surface area contributed by atoms with Crippen LogP contribution in [-0.2, 0) is 15.9 Å². The Balaban J connectivity index is 1.58. The molecule has 2 aromatic heterocycles. The minimum atomic E-state index is -0.362. The van der Waals surface area contributed by atoms with Crippen molar-refractivity contribution in [3.05, 3.63) is 77.4 Å². The average Bonchev–Trinajstić information content (AvgIpc) is 3.31. The third-order valence-electron chi connectivity index (χ3n) is 4.75. The summed E-state index contributed by atoms with van der Waals surface area (Å²) in [5.41, 5.74) is 3.66. The zero-order valence-corrected chi connectivity index (χ0v) is 17.0. The Labute approximate surface area is 170 Å². The molecule has 4 rings (SSSR count). The molecule has 0 unspecified atom stereocenters. The molecule has 0 fully saturated rings. The van der Waals surface area contributed by atoms with E-state index in [-0.39, 0.29) is 6.29 Å². The van der Waals surface area contributed by atoms with Gasteiger partial charge in [0.25, 0.3) is 0 Å². The Morgan fingerprint density at radius 2 is 1.69 bits per heavy atom. The summed E-state index contributed by atoms with van der Waals surface area (Å²) < 4.78 is 23.3. The van der Waals surface area contributed by atoms with Gasteiger partial charge in [-0.05, 0) is 51.1 Å². The number of hydrogen-bond acceptors (Lipinski definition) is 5. The van der Waals surface area contributed by atoms with E-state index in [1.54, 1.807) is 0 Å². The first-order chi connectivity index (χ1) is 14.2. The molecule has 0 saturated heterocycles. The number of fused-ring (bicyclic) bond motifs is 1. The molecular formula is C24H25NO4. The highest BCUT2D eigenvalue weighted by Crippen LogP contribution is 2.28. The Hall–Kier alpha value is -2.89. The van der Waals surface area contributed by atoms with Gasteiger partial charge >= 0.3 is 0 Å². The van der Waals surface area contributed by atoms with Crippen LogP contribution in [0.4, 0.5) is 0 Å². The molecule has 0 aliphatic heterocycles. The third kappa shape index (κ3) is 4.26. The minimum absolute atomic E-state index is 0.362. The molecular weight excluding hydrogens is 366 g/mol. The van der Waals surface area contributed by atoms with E-state index in [1.807, 2.05) is 69.3 Å². The van der Waals surface area contributed by atoms with Gasteiger partial charge in [0.2, 0.25) is 5.89 Å². The first kappa shape index (κ1) is 19.4. The van der Waals surface area contributed by atoms with Crippen molar-refractivity contribution < 1.29 is 18.3 Å². The zero-order valence-electron chi connectivity index (χ0n) is 17.0. The molecule has 0 radical (unpaired) electrons. The average molecular weight is 391 g/mol. The molecule has 29 heavy (non-hydrogen) atoms. The molecule has 0 N–H and O–H groups in total. The second kappa shape index (κ2) is 8.64. The van der Waals surface area contributed by atoms with Crippen LogP contribution in [0.3, 0.4) is 0 Å². The summed E-state index contributed by atoms with van der Waals surface area (Å²) >= 11 is 0. The minimum Gasteiger partial charge on any atom is -0.461 e. The molecule has 5 nitrogen and oxygen atoms in total. The topological polar surface area (TPSA) is 57.6 Å². The monoisotopic (exact) mass is 391 g/mol. The third-order valence-corrected chi connectivity index (χ3v) is 4.75. The highest BCUT2D eigenvalue weighted by molar-refractivity contribution is 5.79. The van der Waals surface area contributed by atoms with Crippen LogP contribution in [0.25, 0.3) is 22.4 Å². The van der Waals surface area contributed by atoms with Gasteiger partial charge in [0.05, 0.1) is 12.1 Å². The quantitative estimate of drug-likeness (QED) is 0.342. The van der Waals surface area contributed by atoms with Gasteiger partial charge in [-0.3, -0.25) is 0 Å². The van der Waals surface area contributed by atoms with Crippen molar-refractivity contribution in [1.29, 1.82) is 0 Å². The van der Waals surface area contributed by atoms with E-state index in [0.717, 1.165) is 39.3 Å². The van der Waals surface area contributed by atoms with Gasteiger partial charge in [-0.2, -0.15) is 0 Å². The van der Waals surface area contributed by atoms with E-state index < -0.39 is 0 Å². The predicted octanol–water partition coefficient (Wildman–Crippen LogP) is 6.06. The van der Waals surface area contributed by atoms with Crippen molar-refractivity contribution in [3.8, 4) is 11.5 Å². The molecule has 0 atom stereocenters. The zero-order chi connectivity index (χ0) is 20.2. The SMILES string of the molecule is CCOC(OCC)c1ccc2oc(Cc3nc(-c4ccccc4)oc3C)cc2c1. The predicted molar refractivity (Wildman–Crippen MR) is 112 cm³/mol. The number of benzene rings is 2. The molecule has 0 saturated carbocycles. The Morgan fingerprint density at radius 1 is 0.931 bits per heavy atom. The number of nitrogens with zero attached hydrogens (tertiary/aromatic N) is 1. The lowest BCUT2D eigenvalue weighted by molar-refractivity contribution is -0.140. The second-order valence-corrected chi connectivity index (χ2v) is 6.82. The van der Waals surface area contributed by atoms with Crippen LogP contribution in [0, 0.1) is 6.92 Å². The fourth-order valence-electron chi connectivity index (χ4n) is 3.36. The van der Waals surface area contributed by atoms with Crippen LogP contribution < -0.4 is 0 Å². The number of ether oxygens (including phenoxy) is 2. The molecule has 0 aliphatic carbocycles. The fraction of sp³-hybridized carbons (Fsp3) is 0.292. The lowest BCUT2D eigenvalue weighted by Crippen LogP contribution is -2.08. The molecule has 0 spiro atoms. The summed E-state index contributed by atoms with van der Waals surface area (Å²) in [5.74, 6) is 2.28. The summed E-state index contributed by atoms with van der Waals surface area (Å²) in [4.78, 5) is 4.67. The molecule has 4 aromatic rings. The maximum Gasteiger partial charge on any atom is 0.226 e. The Morgan fingerprint density at radius 3 is 2.41 bits per heavy atom. The maximum atomic E-state index is 6.03. The fourth-order valence-corrected chi connectivity index (χ4v) is 3.36.